The number of hydrogen-bond donors (Lipinski definition) is 1. The minimum Gasteiger partial charge on any atom is -0.339 e. The van der Waals surface area contributed by atoms with Crippen LogP contribution in [-0.4, -0.2) is 49.6 Å². The number of ketones is 1. The molecule has 3 aliphatic heterocycles. The molecule has 0 aromatic heterocycles. The fourth-order valence-corrected chi connectivity index (χ4v) is 6.24. The van der Waals surface area contributed by atoms with Crippen molar-refractivity contribution in [3.63, 3.8) is 0 Å². The summed E-state index contributed by atoms with van der Waals surface area (Å²) in [6, 6.07) is 0. The highest BCUT2D eigenvalue weighted by Crippen LogP contribution is 2.55. The van der Waals surface area contributed by atoms with E-state index >= 15 is 4.39 Å². The van der Waals surface area contributed by atoms with Crippen LogP contribution < -0.4 is 5.32 Å². The van der Waals surface area contributed by atoms with Gasteiger partial charge in [0.25, 0.3) is 0 Å². The van der Waals surface area contributed by atoms with Crippen molar-refractivity contribution in [2.45, 2.75) is 58.4 Å². The third-order valence-corrected chi connectivity index (χ3v) is 8.91. The second-order valence-electron chi connectivity index (χ2n) is 9.17. The van der Waals surface area contributed by atoms with Crippen LogP contribution in [0.2, 0.25) is 0 Å². The number of piperidine rings is 1. The number of dihydropyridines is 1. The number of nitrogens with one attached hydrogen (secondary N) is 1. The summed E-state index contributed by atoms with van der Waals surface area (Å²) < 4.78 is 42.1. The number of Topliss-reactive ketones (excluding diaryl/α,β-unsaturated/α-hetero) is 1. The molecule has 0 aromatic rings. The number of alkyl halides is 1. The molecule has 0 bridgehead atoms. The molecule has 0 amide bonds. The first-order valence-corrected chi connectivity index (χ1v) is 11.3. The Morgan fingerprint density at radius 2 is 1.89 bits per heavy atom. The molecule has 1 fully saturated rings. The van der Waals surface area contributed by atoms with Crippen LogP contribution in [0.3, 0.4) is 0 Å². The molecule has 0 radical (unpaired) electrons. The minimum atomic E-state index is -3.37. The minimum absolute atomic E-state index is 0.0555. The lowest BCUT2D eigenvalue weighted by molar-refractivity contribution is -0.121. The topological polar surface area (TPSA) is 91.2 Å². The van der Waals surface area contributed by atoms with Crippen LogP contribution >= 0.6 is 0 Å². The van der Waals surface area contributed by atoms with Gasteiger partial charge in [-0.3, -0.25) is 4.79 Å². The van der Waals surface area contributed by atoms with Crippen LogP contribution in [0.4, 0.5) is 4.39 Å². The van der Waals surface area contributed by atoms with E-state index in [1.54, 1.807) is 27.7 Å². The second-order valence-corrected chi connectivity index (χ2v) is 11.7. The molecule has 1 saturated heterocycles. The molecule has 4 rings (SSSR count). The quantitative estimate of drug-likeness (QED) is 0.758. The Labute approximate surface area is 165 Å². The fraction of sp³-hybridized carbons (Fsp3) is 0.737. The van der Waals surface area contributed by atoms with Crippen molar-refractivity contribution >= 4 is 15.8 Å². The molecule has 9 heteroatoms. The molecule has 0 saturated carbocycles. The number of nitrogens with zero attached hydrogens (tertiary/aromatic N) is 3. The van der Waals surface area contributed by atoms with Gasteiger partial charge in [-0.2, -0.15) is 5.11 Å². The smallest absolute Gasteiger partial charge is 0.216 e. The number of carbonyl (C=O) groups excluding carboxylic acids is 1. The van der Waals surface area contributed by atoms with Gasteiger partial charge in [-0.25, -0.2) is 17.1 Å². The zero-order valence-electron chi connectivity index (χ0n) is 16.7. The van der Waals surface area contributed by atoms with Gasteiger partial charge in [0, 0.05) is 41.5 Å². The third-order valence-electron chi connectivity index (χ3n) is 6.63. The SMILES string of the molecule is CC(C)S(=O)(=O)N1CCC2(CC1)C1=C(N=NC1)NC1=C2C(=O)CC(C)(C)[C@@H]1F. The highest BCUT2D eigenvalue weighted by Gasteiger charge is 2.55. The van der Waals surface area contributed by atoms with Crippen LogP contribution in [0.1, 0.15) is 47.0 Å². The molecule has 4 aliphatic rings. The monoisotopic (exact) mass is 410 g/mol. The van der Waals surface area contributed by atoms with Gasteiger partial charge >= 0.3 is 0 Å². The van der Waals surface area contributed by atoms with Crippen LogP contribution in [0, 0.1) is 10.8 Å². The number of allylic oxidation sites excluding steroid dienone is 2. The number of hydrogen-bond acceptors (Lipinski definition) is 6. The lowest BCUT2D eigenvalue weighted by atomic mass is 9.59. The normalized spacial score (nSPS) is 29.4. The average molecular weight is 411 g/mol. The summed E-state index contributed by atoms with van der Waals surface area (Å²) in [6.45, 7) is 7.82. The number of azo groups is 1. The summed E-state index contributed by atoms with van der Waals surface area (Å²) in [6.07, 6.45) is -0.273. The lowest BCUT2D eigenvalue weighted by Gasteiger charge is -2.49. The second kappa shape index (κ2) is 6.19. The van der Waals surface area contributed by atoms with E-state index in [1.807, 2.05) is 0 Å². The molecular weight excluding hydrogens is 383 g/mol. The van der Waals surface area contributed by atoms with Gasteiger partial charge in [-0.15, -0.1) is 5.11 Å². The lowest BCUT2D eigenvalue weighted by Crippen LogP contribution is -2.53. The Morgan fingerprint density at radius 1 is 1.25 bits per heavy atom. The van der Waals surface area contributed by atoms with Crippen LogP contribution in [0.5, 0.6) is 0 Å². The molecule has 7 nitrogen and oxygen atoms in total. The zero-order chi connectivity index (χ0) is 20.5. The first-order valence-electron chi connectivity index (χ1n) is 9.80. The largest absolute Gasteiger partial charge is 0.339 e. The maximum atomic E-state index is 15.4. The zero-order valence-corrected chi connectivity index (χ0v) is 17.6. The van der Waals surface area contributed by atoms with Crippen molar-refractivity contribution in [2.75, 3.05) is 19.6 Å². The Balaban J connectivity index is 1.77. The van der Waals surface area contributed by atoms with E-state index in [9.17, 15) is 13.2 Å². The Bertz CT molecular complexity index is 925. The third kappa shape index (κ3) is 2.62. The van der Waals surface area contributed by atoms with Crippen molar-refractivity contribution in [1.82, 2.24) is 9.62 Å². The van der Waals surface area contributed by atoms with Crippen molar-refractivity contribution in [3.8, 4) is 0 Å². The molecular formula is C19H27FN4O3S. The van der Waals surface area contributed by atoms with Gasteiger partial charge in [-0.05, 0) is 26.7 Å². The highest BCUT2D eigenvalue weighted by atomic mass is 32.2. The van der Waals surface area contributed by atoms with Crippen molar-refractivity contribution in [1.29, 1.82) is 0 Å². The number of rotatable bonds is 2. The summed E-state index contributed by atoms with van der Waals surface area (Å²) in [4.78, 5) is 13.2. The van der Waals surface area contributed by atoms with Gasteiger partial charge in [0.15, 0.2) is 11.6 Å². The van der Waals surface area contributed by atoms with Crippen molar-refractivity contribution in [3.05, 3.63) is 22.7 Å². The molecule has 1 spiro atoms. The van der Waals surface area contributed by atoms with Crippen molar-refractivity contribution < 1.29 is 17.6 Å². The predicted octanol–water partition coefficient (Wildman–Crippen LogP) is 2.68. The van der Waals surface area contributed by atoms with E-state index in [1.165, 1.54) is 4.31 Å². The number of carbonyl (C=O) groups is 1. The van der Waals surface area contributed by atoms with E-state index in [4.69, 9.17) is 0 Å². The molecule has 0 aromatic carbocycles. The molecule has 1 atom stereocenters. The van der Waals surface area contributed by atoms with E-state index in [0.29, 0.717) is 49.6 Å². The highest BCUT2D eigenvalue weighted by molar-refractivity contribution is 7.89. The Morgan fingerprint density at radius 3 is 2.50 bits per heavy atom. The predicted molar refractivity (Wildman–Crippen MR) is 103 cm³/mol. The van der Waals surface area contributed by atoms with Gasteiger partial charge < -0.3 is 5.32 Å². The number of halogens is 1. The van der Waals surface area contributed by atoms with E-state index in [-0.39, 0.29) is 12.2 Å². The maximum absolute atomic E-state index is 15.4. The molecule has 0 unspecified atom stereocenters. The summed E-state index contributed by atoms with van der Waals surface area (Å²) in [7, 11) is -3.37. The number of fused-ring (bicyclic) bond motifs is 2. The summed E-state index contributed by atoms with van der Waals surface area (Å²) in [5.74, 6) is 0.479. The van der Waals surface area contributed by atoms with E-state index < -0.39 is 32.3 Å². The van der Waals surface area contributed by atoms with Crippen LogP contribution in [0.15, 0.2) is 32.9 Å². The standard InChI is InChI=1S/C19H27FN4O3S/c1-11(2)28(26,27)24-7-5-19(6-8-24)12-10-21-23-17(12)22-15-14(19)13(25)9-18(3,4)16(15)20/h11,16,22H,5-10H2,1-4H3/t16-/m1/s1. The van der Waals surface area contributed by atoms with Gasteiger partial charge in [0.1, 0.15) is 6.17 Å². The molecule has 28 heavy (non-hydrogen) atoms. The van der Waals surface area contributed by atoms with Gasteiger partial charge in [0.2, 0.25) is 10.0 Å². The summed E-state index contributed by atoms with van der Waals surface area (Å²) >= 11 is 0. The van der Waals surface area contributed by atoms with Crippen LogP contribution in [-0.2, 0) is 14.8 Å². The van der Waals surface area contributed by atoms with Crippen molar-refractivity contribution in [2.24, 2.45) is 21.1 Å². The molecule has 3 heterocycles. The van der Waals surface area contributed by atoms with Gasteiger partial charge in [-0.1, -0.05) is 13.8 Å². The average Bonchev–Trinajstić information content (AvgIpc) is 3.09. The molecule has 1 N–H and O–H groups in total. The summed E-state index contributed by atoms with van der Waals surface area (Å²) in [5.41, 5.74) is 0.223. The van der Waals surface area contributed by atoms with E-state index in [2.05, 4.69) is 15.5 Å². The molecule has 1 aliphatic carbocycles. The Kier molecular flexibility index (Phi) is 4.36. The molecule has 154 valence electrons. The first kappa shape index (κ1) is 19.7. The van der Waals surface area contributed by atoms with E-state index in [0.717, 1.165) is 5.57 Å². The van der Waals surface area contributed by atoms with Gasteiger partial charge in [0.05, 0.1) is 17.5 Å². The van der Waals surface area contributed by atoms with Crippen LogP contribution in [0.25, 0.3) is 0 Å². The summed E-state index contributed by atoms with van der Waals surface area (Å²) in [5, 5.41) is 10.8. The first-order chi connectivity index (χ1) is 13.0. The Hall–Kier alpha value is -1.61. The number of sulfonamides is 1. The maximum Gasteiger partial charge on any atom is 0.216 e. The fourth-order valence-electron chi connectivity index (χ4n) is 4.95.